The Kier molecular flexibility index (Phi) is 7.73. The molecule has 1 aliphatic heterocycles. The Morgan fingerprint density at radius 3 is 1.77 bits per heavy atom. The van der Waals surface area contributed by atoms with E-state index >= 15 is 0 Å². The van der Waals surface area contributed by atoms with Gasteiger partial charge < -0.3 is 9.47 Å². The van der Waals surface area contributed by atoms with Crippen molar-refractivity contribution in [3.05, 3.63) is 109 Å². The van der Waals surface area contributed by atoms with E-state index in [9.17, 15) is 0 Å². The monoisotopic (exact) mass is 514 g/mol. The van der Waals surface area contributed by atoms with Gasteiger partial charge in [-0.1, -0.05) is 91.0 Å². The van der Waals surface area contributed by atoms with E-state index in [4.69, 9.17) is 4.98 Å². The number of nitrogens with zero attached hydrogens (tertiary/aromatic N) is 6. The van der Waals surface area contributed by atoms with Crippen LogP contribution in [-0.4, -0.2) is 57.1 Å². The van der Waals surface area contributed by atoms with Crippen LogP contribution < -0.4 is 4.90 Å². The average molecular weight is 515 g/mol. The van der Waals surface area contributed by atoms with Gasteiger partial charge in [-0.25, -0.2) is 15.0 Å². The maximum atomic E-state index is 5.27. The Balaban J connectivity index is 1.21. The van der Waals surface area contributed by atoms with Crippen molar-refractivity contribution in [3.8, 4) is 33.9 Å². The predicted octanol–water partition coefficient (Wildman–Crippen LogP) is 6.28. The van der Waals surface area contributed by atoms with Crippen LogP contribution >= 0.6 is 0 Å². The van der Waals surface area contributed by atoms with Gasteiger partial charge in [-0.2, -0.15) is 0 Å². The molecule has 5 aromatic rings. The first-order chi connectivity index (χ1) is 19.4. The minimum atomic E-state index is 0.841. The minimum absolute atomic E-state index is 0.841. The van der Waals surface area contributed by atoms with Gasteiger partial charge >= 0.3 is 0 Å². The highest BCUT2D eigenvalue weighted by Gasteiger charge is 2.22. The molecule has 0 unspecified atom stereocenters. The molecule has 1 aliphatic rings. The zero-order valence-corrected chi connectivity index (χ0v) is 22.2. The van der Waals surface area contributed by atoms with Gasteiger partial charge in [0.25, 0.3) is 0 Å². The molecule has 1 saturated heterocycles. The van der Waals surface area contributed by atoms with Crippen molar-refractivity contribution in [2.45, 2.75) is 19.4 Å². The predicted molar refractivity (Wildman–Crippen MR) is 158 cm³/mol. The summed E-state index contributed by atoms with van der Waals surface area (Å²) >= 11 is 0. The average Bonchev–Trinajstić information content (AvgIpc) is 3.41. The van der Waals surface area contributed by atoms with Gasteiger partial charge in [0.1, 0.15) is 5.82 Å². The van der Waals surface area contributed by atoms with E-state index in [-0.39, 0.29) is 0 Å². The largest absolute Gasteiger partial charge is 0.338 e. The third-order valence-corrected chi connectivity index (χ3v) is 7.41. The van der Waals surface area contributed by atoms with Gasteiger partial charge in [0.15, 0.2) is 0 Å². The maximum Gasteiger partial charge on any atom is 0.225 e. The molecule has 0 aliphatic carbocycles. The van der Waals surface area contributed by atoms with Crippen LogP contribution in [0.5, 0.6) is 0 Å². The summed E-state index contributed by atoms with van der Waals surface area (Å²) in [5.74, 6) is 1.87. The maximum absolute atomic E-state index is 5.27. The Morgan fingerprint density at radius 1 is 0.564 bits per heavy atom. The second-order valence-corrected chi connectivity index (χ2v) is 9.97. The third-order valence-electron chi connectivity index (χ3n) is 7.41. The van der Waals surface area contributed by atoms with Crippen LogP contribution in [0.15, 0.2) is 109 Å². The Morgan fingerprint density at radius 2 is 1.13 bits per heavy atom. The van der Waals surface area contributed by atoms with E-state index in [2.05, 4.69) is 115 Å². The summed E-state index contributed by atoms with van der Waals surface area (Å²) in [7, 11) is 0. The van der Waals surface area contributed by atoms with Crippen molar-refractivity contribution in [2.24, 2.45) is 0 Å². The molecule has 6 heteroatoms. The number of rotatable bonds is 9. The second-order valence-electron chi connectivity index (χ2n) is 9.97. The molecular formula is C33H34N6. The highest BCUT2D eigenvalue weighted by Crippen LogP contribution is 2.36. The van der Waals surface area contributed by atoms with E-state index in [0.29, 0.717) is 0 Å². The fourth-order valence-corrected chi connectivity index (χ4v) is 5.40. The van der Waals surface area contributed by atoms with Crippen molar-refractivity contribution >= 4 is 5.95 Å². The van der Waals surface area contributed by atoms with Gasteiger partial charge in [-0.05, 0) is 25.5 Å². The van der Waals surface area contributed by atoms with Crippen molar-refractivity contribution in [2.75, 3.05) is 37.6 Å². The molecular weight excluding hydrogens is 480 g/mol. The molecule has 6 nitrogen and oxygen atoms in total. The van der Waals surface area contributed by atoms with Crippen LogP contribution in [0, 0.1) is 0 Å². The molecule has 6 rings (SSSR count). The summed E-state index contributed by atoms with van der Waals surface area (Å²) in [6.07, 6.45) is 5.87. The fraction of sp³-hybridized carbons (Fsp3) is 0.242. The lowest BCUT2D eigenvalue weighted by Gasteiger charge is -2.34. The first kappa shape index (κ1) is 25.0. The summed E-state index contributed by atoms with van der Waals surface area (Å²) in [6, 6.07) is 33.7. The summed E-state index contributed by atoms with van der Waals surface area (Å²) < 4.78 is 2.44. The molecule has 3 heterocycles. The first-order valence-electron chi connectivity index (χ1n) is 13.9. The zero-order chi connectivity index (χ0) is 26.3. The van der Waals surface area contributed by atoms with E-state index in [1.165, 1.54) is 11.3 Å². The standard InChI is InChI=1S/C33H34N6/c1-4-13-27(14-5-1)30-31(28-15-6-2-7-16-28)39(32(36-30)29-17-8-3-9-18-29)22-11-10-21-37-23-25-38(26-24-37)33-34-19-12-20-35-33/h1-9,12-20H,10-11,21-26H2. The van der Waals surface area contributed by atoms with E-state index < -0.39 is 0 Å². The molecule has 3 aromatic carbocycles. The fourth-order valence-electron chi connectivity index (χ4n) is 5.40. The topological polar surface area (TPSA) is 50.1 Å². The van der Waals surface area contributed by atoms with E-state index in [0.717, 1.165) is 80.7 Å². The number of unbranched alkanes of at least 4 members (excludes halogenated alkanes) is 1. The molecule has 39 heavy (non-hydrogen) atoms. The van der Waals surface area contributed by atoms with Crippen molar-refractivity contribution in [1.29, 1.82) is 0 Å². The second kappa shape index (κ2) is 12.0. The normalized spacial score (nSPS) is 14.0. The number of aromatic nitrogens is 4. The van der Waals surface area contributed by atoms with Crippen LogP contribution in [0.4, 0.5) is 5.95 Å². The molecule has 0 amide bonds. The van der Waals surface area contributed by atoms with Gasteiger partial charge in [-0.15, -0.1) is 0 Å². The van der Waals surface area contributed by atoms with Crippen LogP contribution in [0.1, 0.15) is 12.8 Å². The Labute approximate surface area is 230 Å². The molecule has 196 valence electrons. The van der Waals surface area contributed by atoms with Crippen molar-refractivity contribution in [3.63, 3.8) is 0 Å². The molecule has 0 bridgehead atoms. The lowest BCUT2D eigenvalue weighted by Crippen LogP contribution is -2.47. The number of piperazine rings is 1. The molecule has 0 radical (unpaired) electrons. The number of imidazole rings is 1. The third kappa shape index (κ3) is 5.76. The smallest absolute Gasteiger partial charge is 0.225 e. The van der Waals surface area contributed by atoms with Gasteiger partial charge in [0.2, 0.25) is 5.95 Å². The van der Waals surface area contributed by atoms with E-state index in [1.807, 2.05) is 18.5 Å². The number of benzene rings is 3. The Hall–Kier alpha value is -4.29. The van der Waals surface area contributed by atoms with Gasteiger partial charge in [-0.3, -0.25) is 4.90 Å². The molecule has 0 saturated carbocycles. The molecule has 1 fully saturated rings. The lowest BCUT2D eigenvalue weighted by atomic mass is 10.0. The van der Waals surface area contributed by atoms with Crippen LogP contribution in [-0.2, 0) is 6.54 Å². The lowest BCUT2D eigenvalue weighted by molar-refractivity contribution is 0.250. The van der Waals surface area contributed by atoms with E-state index in [1.54, 1.807) is 0 Å². The summed E-state index contributed by atoms with van der Waals surface area (Å²) in [5, 5.41) is 0. The first-order valence-corrected chi connectivity index (χ1v) is 13.9. The number of hydrogen-bond acceptors (Lipinski definition) is 5. The highest BCUT2D eigenvalue weighted by molar-refractivity contribution is 5.82. The zero-order valence-electron chi connectivity index (χ0n) is 22.2. The quantitative estimate of drug-likeness (QED) is 0.217. The van der Waals surface area contributed by atoms with Gasteiger partial charge in [0.05, 0.1) is 11.4 Å². The SMILES string of the molecule is c1ccc(-c2nc(-c3ccccc3)n(CCCCN3CCN(c4ncccn4)CC3)c2-c2ccccc2)cc1. The van der Waals surface area contributed by atoms with Crippen LogP contribution in [0.25, 0.3) is 33.9 Å². The minimum Gasteiger partial charge on any atom is -0.338 e. The van der Waals surface area contributed by atoms with Crippen molar-refractivity contribution < 1.29 is 0 Å². The molecule has 0 N–H and O–H groups in total. The summed E-state index contributed by atoms with van der Waals surface area (Å²) in [6.45, 7) is 6.07. The summed E-state index contributed by atoms with van der Waals surface area (Å²) in [4.78, 5) is 18.9. The molecule has 2 aromatic heterocycles. The molecule has 0 atom stereocenters. The van der Waals surface area contributed by atoms with Crippen LogP contribution in [0.3, 0.4) is 0 Å². The number of hydrogen-bond donors (Lipinski definition) is 0. The Bertz CT molecular complexity index is 1440. The van der Waals surface area contributed by atoms with Gasteiger partial charge in [0, 0.05) is 61.8 Å². The van der Waals surface area contributed by atoms with Crippen molar-refractivity contribution in [1.82, 2.24) is 24.4 Å². The summed E-state index contributed by atoms with van der Waals surface area (Å²) in [5.41, 5.74) is 5.73. The highest BCUT2D eigenvalue weighted by atomic mass is 15.3. The van der Waals surface area contributed by atoms with Crippen LogP contribution in [0.2, 0.25) is 0 Å². The number of anilines is 1. The molecule has 0 spiro atoms.